The Bertz CT molecular complexity index is 710. The molecule has 0 atom stereocenters. The van der Waals surface area contributed by atoms with Crippen LogP contribution < -0.4 is 4.90 Å². The van der Waals surface area contributed by atoms with Crippen molar-refractivity contribution in [1.29, 1.82) is 0 Å². The second kappa shape index (κ2) is 6.31. The van der Waals surface area contributed by atoms with Crippen molar-refractivity contribution in [3.8, 4) is 0 Å². The number of nitrogens with zero attached hydrogens (tertiary/aromatic N) is 5. The Kier molecular flexibility index (Phi) is 4.22. The summed E-state index contributed by atoms with van der Waals surface area (Å²) in [6.45, 7) is 3.15. The van der Waals surface area contributed by atoms with Crippen LogP contribution in [0.2, 0.25) is 0 Å². The van der Waals surface area contributed by atoms with E-state index in [1.165, 1.54) is 12.5 Å². The van der Waals surface area contributed by atoms with E-state index in [4.69, 9.17) is 5.11 Å². The summed E-state index contributed by atoms with van der Waals surface area (Å²) in [6.07, 6.45) is 6.34. The minimum absolute atomic E-state index is 0.120. The molecule has 1 fully saturated rings. The Labute approximate surface area is 132 Å². The molecule has 122 valence electrons. The zero-order valence-corrected chi connectivity index (χ0v) is 12.8. The van der Waals surface area contributed by atoms with Gasteiger partial charge in [-0.1, -0.05) is 6.92 Å². The highest BCUT2D eigenvalue weighted by molar-refractivity contribution is 5.86. The predicted octanol–water partition coefficient (Wildman–Crippen LogP) is 1.91. The van der Waals surface area contributed by atoms with E-state index in [0.717, 1.165) is 12.8 Å². The number of hydrogen-bond acceptors (Lipinski definition) is 5. The third-order valence-electron chi connectivity index (χ3n) is 4.16. The largest absolute Gasteiger partial charge is 0.478 e. The van der Waals surface area contributed by atoms with Gasteiger partial charge in [-0.3, -0.25) is 4.68 Å². The molecule has 0 aliphatic carbocycles. The molecule has 1 aliphatic rings. The van der Waals surface area contributed by atoms with Crippen LogP contribution in [-0.4, -0.2) is 43.9 Å². The van der Waals surface area contributed by atoms with Crippen LogP contribution in [0.3, 0.4) is 0 Å². The SMILES string of the molecule is CCc1ncnc(N2CCC(n3cc(C(=O)O)cn3)CC2)c1F. The summed E-state index contributed by atoms with van der Waals surface area (Å²) in [6, 6.07) is 0.120. The monoisotopic (exact) mass is 319 g/mol. The molecule has 0 saturated carbocycles. The molecular weight excluding hydrogens is 301 g/mol. The van der Waals surface area contributed by atoms with Gasteiger partial charge in [0.1, 0.15) is 6.33 Å². The van der Waals surface area contributed by atoms with Crippen LogP contribution in [0.15, 0.2) is 18.7 Å². The van der Waals surface area contributed by atoms with Gasteiger partial charge in [0, 0.05) is 19.3 Å². The molecule has 23 heavy (non-hydrogen) atoms. The molecule has 1 aliphatic heterocycles. The summed E-state index contributed by atoms with van der Waals surface area (Å²) in [4.78, 5) is 20.9. The number of aromatic nitrogens is 4. The number of halogens is 1. The van der Waals surface area contributed by atoms with Crippen LogP contribution in [0.25, 0.3) is 0 Å². The maximum atomic E-state index is 14.3. The zero-order chi connectivity index (χ0) is 16.4. The molecule has 1 N–H and O–H groups in total. The van der Waals surface area contributed by atoms with Crippen LogP contribution in [0.1, 0.15) is 41.9 Å². The number of anilines is 1. The molecule has 3 heterocycles. The molecule has 8 heteroatoms. The maximum Gasteiger partial charge on any atom is 0.338 e. The van der Waals surface area contributed by atoms with Gasteiger partial charge in [-0.05, 0) is 19.3 Å². The lowest BCUT2D eigenvalue weighted by Gasteiger charge is -2.33. The Hall–Kier alpha value is -2.51. The summed E-state index contributed by atoms with van der Waals surface area (Å²) in [5.41, 5.74) is 0.608. The van der Waals surface area contributed by atoms with Crippen molar-refractivity contribution in [3.05, 3.63) is 35.8 Å². The molecule has 0 spiro atoms. The summed E-state index contributed by atoms with van der Waals surface area (Å²) in [7, 11) is 0. The fourth-order valence-electron chi connectivity index (χ4n) is 2.85. The van der Waals surface area contributed by atoms with Crippen molar-refractivity contribution in [2.75, 3.05) is 18.0 Å². The molecule has 0 amide bonds. The van der Waals surface area contributed by atoms with Gasteiger partial charge in [-0.25, -0.2) is 19.2 Å². The molecule has 3 rings (SSSR count). The van der Waals surface area contributed by atoms with Crippen LogP contribution in [0.4, 0.5) is 10.2 Å². The van der Waals surface area contributed by atoms with Gasteiger partial charge < -0.3 is 10.0 Å². The number of carboxylic acid groups (broad SMARTS) is 1. The highest BCUT2D eigenvalue weighted by Crippen LogP contribution is 2.27. The first-order valence-corrected chi connectivity index (χ1v) is 7.62. The number of piperidine rings is 1. The third kappa shape index (κ3) is 3.01. The van der Waals surface area contributed by atoms with Crippen LogP contribution in [-0.2, 0) is 6.42 Å². The second-order valence-electron chi connectivity index (χ2n) is 5.54. The van der Waals surface area contributed by atoms with Gasteiger partial charge in [-0.15, -0.1) is 0 Å². The number of aromatic carboxylic acids is 1. The molecule has 2 aromatic rings. The fourth-order valence-corrected chi connectivity index (χ4v) is 2.85. The van der Waals surface area contributed by atoms with E-state index in [-0.39, 0.29) is 17.4 Å². The third-order valence-corrected chi connectivity index (χ3v) is 4.16. The molecule has 0 bridgehead atoms. The normalized spacial score (nSPS) is 15.8. The first-order chi connectivity index (χ1) is 11.1. The van der Waals surface area contributed by atoms with Gasteiger partial charge in [0.05, 0.1) is 23.5 Å². The first kappa shape index (κ1) is 15.4. The summed E-state index contributed by atoms with van der Waals surface area (Å²) in [5.74, 6) is -0.980. The number of aryl methyl sites for hydroxylation is 1. The van der Waals surface area contributed by atoms with E-state index in [1.54, 1.807) is 10.9 Å². The highest BCUT2D eigenvalue weighted by Gasteiger charge is 2.25. The smallest absolute Gasteiger partial charge is 0.338 e. The lowest BCUT2D eigenvalue weighted by molar-refractivity contribution is 0.0696. The summed E-state index contributed by atoms with van der Waals surface area (Å²) >= 11 is 0. The van der Waals surface area contributed by atoms with Crippen molar-refractivity contribution in [2.24, 2.45) is 0 Å². The molecule has 0 radical (unpaired) electrons. The predicted molar refractivity (Wildman–Crippen MR) is 81.0 cm³/mol. The summed E-state index contributed by atoms with van der Waals surface area (Å²) in [5, 5.41) is 13.1. The Morgan fingerprint density at radius 3 is 2.74 bits per heavy atom. The zero-order valence-electron chi connectivity index (χ0n) is 12.8. The standard InChI is InChI=1S/C15H18FN5O2/c1-2-12-13(16)14(18-9-17-12)20-5-3-11(4-6-20)21-8-10(7-19-21)15(22)23/h7-9,11H,2-6H2,1H3,(H,22,23). The van der Waals surface area contributed by atoms with Crippen LogP contribution in [0, 0.1) is 5.82 Å². The van der Waals surface area contributed by atoms with Crippen LogP contribution >= 0.6 is 0 Å². The minimum atomic E-state index is -0.983. The van der Waals surface area contributed by atoms with Gasteiger partial charge in [0.2, 0.25) is 0 Å². The Balaban J connectivity index is 1.69. The Morgan fingerprint density at radius 1 is 1.39 bits per heavy atom. The van der Waals surface area contributed by atoms with E-state index in [1.807, 2.05) is 11.8 Å². The lowest BCUT2D eigenvalue weighted by Crippen LogP contribution is -2.36. The highest BCUT2D eigenvalue weighted by atomic mass is 19.1. The van der Waals surface area contributed by atoms with Gasteiger partial charge in [-0.2, -0.15) is 5.10 Å². The van der Waals surface area contributed by atoms with E-state index in [2.05, 4.69) is 15.1 Å². The molecule has 7 nitrogen and oxygen atoms in total. The summed E-state index contributed by atoms with van der Waals surface area (Å²) < 4.78 is 16.0. The van der Waals surface area contributed by atoms with Crippen molar-refractivity contribution >= 4 is 11.8 Å². The van der Waals surface area contributed by atoms with Gasteiger partial charge >= 0.3 is 5.97 Å². The first-order valence-electron chi connectivity index (χ1n) is 7.62. The topological polar surface area (TPSA) is 84.1 Å². The van der Waals surface area contributed by atoms with E-state index in [0.29, 0.717) is 31.0 Å². The van der Waals surface area contributed by atoms with Crippen molar-refractivity contribution in [2.45, 2.75) is 32.2 Å². The number of carbonyl (C=O) groups is 1. The van der Waals surface area contributed by atoms with Crippen LogP contribution in [0.5, 0.6) is 0 Å². The maximum absolute atomic E-state index is 14.3. The van der Waals surface area contributed by atoms with E-state index >= 15 is 0 Å². The minimum Gasteiger partial charge on any atom is -0.478 e. The second-order valence-corrected chi connectivity index (χ2v) is 5.54. The molecule has 0 unspecified atom stereocenters. The molecular formula is C15H18FN5O2. The van der Waals surface area contributed by atoms with Crippen molar-refractivity contribution < 1.29 is 14.3 Å². The van der Waals surface area contributed by atoms with Crippen molar-refractivity contribution in [1.82, 2.24) is 19.7 Å². The van der Waals surface area contributed by atoms with Gasteiger partial charge in [0.25, 0.3) is 0 Å². The molecule has 0 aromatic carbocycles. The molecule has 1 saturated heterocycles. The van der Waals surface area contributed by atoms with Crippen molar-refractivity contribution in [3.63, 3.8) is 0 Å². The number of hydrogen-bond donors (Lipinski definition) is 1. The average molecular weight is 319 g/mol. The Morgan fingerprint density at radius 2 is 2.13 bits per heavy atom. The van der Waals surface area contributed by atoms with E-state index in [9.17, 15) is 9.18 Å². The fraction of sp³-hybridized carbons (Fsp3) is 0.467. The van der Waals surface area contributed by atoms with Gasteiger partial charge in [0.15, 0.2) is 11.6 Å². The molecule has 2 aromatic heterocycles. The lowest BCUT2D eigenvalue weighted by atomic mass is 10.1. The quantitative estimate of drug-likeness (QED) is 0.927. The average Bonchev–Trinajstić information content (AvgIpc) is 3.06. The number of rotatable bonds is 4. The number of carboxylic acids is 1. The van der Waals surface area contributed by atoms with E-state index < -0.39 is 5.97 Å².